The zero-order chi connectivity index (χ0) is 25.5. The number of nitrogens with zero attached hydrogens (tertiary/aromatic N) is 6. The summed E-state index contributed by atoms with van der Waals surface area (Å²) in [4.78, 5) is 19.8. The monoisotopic (exact) mass is 511 g/mol. The molecule has 14 heteroatoms. The number of aromatic nitrogens is 6. The molecule has 0 fully saturated rings. The zero-order valence-electron chi connectivity index (χ0n) is 18.7. The first-order valence-corrected chi connectivity index (χ1v) is 12.3. The molecule has 0 radical (unpaired) electrons. The van der Waals surface area contributed by atoms with Crippen LogP contribution in [0.25, 0.3) is 11.4 Å². The van der Waals surface area contributed by atoms with Gasteiger partial charge < -0.3 is 14.9 Å². The molecule has 4 rings (SSSR count). The number of sulfonamides is 1. The molecule has 0 aliphatic carbocycles. The van der Waals surface area contributed by atoms with Gasteiger partial charge in [-0.15, -0.1) is 5.10 Å². The topological polar surface area (TPSA) is 182 Å². The molecule has 0 saturated carbocycles. The standard InChI is InChI=1S/C22H21N7O6S/c30-20-6-5-18(10-19(20)22(31)32)35-13-15-11-23-21(24-12-15)16-3-1-4-17(9-16)26-36(33,34)8-2-7-29-14-25-27-28-29/h1,3-6,9-12,14,26,30H,2,7-8,13H2,(H,31,32). The fraction of sp³-hybridized carbons (Fsp3) is 0.182. The number of carboxylic acid groups (broad SMARTS) is 1. The van der Waals surface area contributed by atoms with Crippen molar-refractivity contribution in [3.8, 4) is 22.9 Å². The summed E-state index contributed by atoms with van der Waals surface area (Å²) in [5.74, 6) is -1.06. The van der Waals surface area contributed by atoms with Crippen LogP contribution in [0.4, 0.5) is 5.69 Å². The van der Waals surface area contributed by atoms with Gasteiger partial charge in [0.1, 0.15) is 30.0 Å². The van der Waals surface area contributed by atoms with Crippen molar-refractivity contribution in [3.63, 3.8) is 0 Å². The van der Waals surface area contributed by atoms with Crippen molar-refractivity contribution in [3.05, 3.63) is 72.3 Å². The van der Waals surface area contributed by atoms with Crippen LogP contribution in [0.5, 0.6) is 11.5 Å². The van der Waals surface area contributed by atoms with Crippen molar-refractivity contribution in [1.29, 1.82) is 0 Å². The molecule has 0 unspecified atom stereocenters. The van der Waals surface area contributed by atoms with E-state index in [4.69, 9.17) is 9.84 Å². The van der Waals surface area contributed by atoms with Crippen LogP contribution in [0.1, 0.15) is 22.3 Å². The second-order valence-electron chi connectivity index (χ2n) is 7.62. The van der Waals surface area contributed by atoms with Crippen LogP contribution in [-0.4, -0.2) is 60.5 Å². The Balaban J connectivity index is 1.36. The van der Waals surface area contributed by atoms with E-state index >= 15 is 0 Å². The van der Waals surface area contributed by atoms with Gasteiger partial charge in [0.2, 0.25) is 10.0 Å². The van der Waals surface area contributed by atoms with Crippen molar-refractivity contribution in [1.82, 2.24) is 30.2 Å². The van der Waals surface area contributed by atoms with E-state index in [0.717, 1.165) is 0 Å². The summed E-state index contributed by atoms with van der Waals surface area (Å²) in [6.07, 6.45) is 4.87. The maximum absolute atomic E-state index is 12.4. The van der Waals surface area contributed by atoms with Gasteiger partial charge >= 0.3 is 5.97 Å². The molecule has 3 N–H and O–H groups in total. The molecule has 0 atom stereocenters. The highest BCUT2D eigenvalue weighted by Crippen LogP contribution is 2.24. The number of nitrogens with one attached hydrogen (secondary N) is 1. The second-order valence-corrected chi connectivity index (χ2v) is 9.46. The van der Waals surface area contributed by atoms with Gasteiger partial charge in [-0.25, -0.2) is 27.9 Å². The van der Waals surface area contributed by atoms with Crippen LogP contribution < -0.4 is 9.46 Å². The Morgan fingerprint density at radius 2 is 1.92 bits per heavy atom. The third-order valence-electron chi connectivity index (χ3n) is 4.90. The van der Waals surface area contributed by atoms with Crippen LogP contribution in [0.2, 0.25) is 0 Å². The van der Waals surface area contributed by atoms with Crippen molar-refractivity contribution in [2.45, 2.75) is 19.6 Å². The lowest BCUT2D eigenvalue weighted by Gasteiger charge is -2.10. The van der Waals surface area contributed by atoms with Crippen molar-refractivity contribution in [2.75, 3.05) is 10.5 Å². The lowest BCUT2D eigenvalue weighted by atomic mass is 10.2. The van der Waals surface area contributed by atoms with Crippen molar-refractivity contribution < 1.29 is 28.2 Å². The molecule has 0 amide bonds. The number of carbonyl (C=O) groups is 1. The van der Waals surface area contributed by atoms with Gasteiger partial charge in [-0.3, -0.25) is 4.72 Å². The van der Waals surface area contributed by atoms with Gasteiger partial charge in [-0.05, 0) is 47.2 Å². The van der Waals surface area contributed by atoms with Gasteiger partial charge in [-0.2, -0.15) is 0 Å². The fourth-order valence-corrected chi connectivity index (χ4v) is 4.27. The van der Waals surface area contributed by atoms with Crippen LogP contribution >= 0.6 is 0 Å². The van der Waals surface area contributed by atoms with Gasteiger partial charge in [-0.1, -0.05) is 12.1 Å². The van der Waals surface area contributed by atoms with Crippen LogP contribution in [-0.2, 0) is 23.2 Å². The number of hydrogen-bond donors (Lipinski definition) is 3. The van der Waals surface area contributed by atoms with E-state index in [9.17, 15) is 18.3 Å². The lowest BCUT2D eigenvalue weighted by molar-refractivity contribution is 0.0693. The van der Waals surface area contributed by atoms with E-state index < -0.39 is 16.0 Å². The van der Waals surface area contributed by atoms with E-state index in [1.54, 1.807) is 36.7 Å². The molecule has 0 spiro atoms. The summed E-state index contributed by atoms with van der Waals surface area (Å²) in [5, 5.41) is 29.4. The average Bonchev–Trinajstić information content (AvgIpc) is 3.37. The third-order valence-corrected chi connectivity index (χ3v) is 6.27. The minimum atomic E-state index is -3.58. The first-order valence-electron chi connectivity index (χ1n) is 10.6. The van der Waals surface area contributed by atoms with E-state index in [1.165, 1.54) is 29.2 Å². The molecule has 0 aliphatic rings. The molecule has 2 heterocycles. The van der Waals surface area contributed by atoms with E-state index in [2.05, 4.69) is 30.2 Å². The van der Waals surface area contributed by atoms with Gasteiger partial charge in [0.05, 0.1) is 5.75 Å². The van der Waals surface area contributed by atoms with Crippen molar-refractivity contribution in [2.24, 2.45) is 0 Å². The number of carboxylic acids is 1. The number of rotatable bonds is 11. The Kier molecular flexibility index (Phi) is 7.34. The minimum absolute atomic E-state index is 0.0780. The van der Waals surface area contributed by atoms with Gasteiger partial charge in [0.25, 0.3) is 0 Å². The van der Waals surface area contributed by atoms with E-state index in [0.29, 0.717) is 35.6 Å². The quantitative estimate of drug-likeness (QED) is 0.267. The molecule has 186 valence electrons. The first kappa shape index (κ1) is 24.5. The normalized spacial score (nSPS) is 11.2. The minimum Gasteiger partial charge on any atom is -0.507 e. The summed E-state index contributed by atoms with van der Waals surface area (Å²) in [6, 6.07) is 10.6. The number of benzene rings is 2. The second kappa shape index (κ2) is 10.8. The lowest BCUT2D eigenvalue weighted by Crippen LogP contribution is -2.18. The van der Waals surface area contributed by atoms with E-state index in [1.807, 2.05) is 0 Å². The number of ether oxygens (including phenoxy) is 1. The third kappa shape index (κ3) is 6.50. The number of phenols is 1. The Morgan fingerprint density at radius 3 is 2.64 bits per heavy atom. The Bertz CT molecular complexity index is 1440. The summed E-state index contributed by atoms with van der Waals surface area (Å²) in [7, 11) is -3.58. The Hall–Kier alpha value is -4.59. The summed E-state index contributed by atoms with van der Waals surface area (Å²) < 4.78 is 34.4. The summed E-state index contributed by atoms with van der Waals surface area (Å²) >= 11 is 0. The fourth-order valence-electron chi connectivity index (χ4n) is 3.17. The Morgan fingerprint density at radius 1 is 1.11 bits per heavy atom. The van der Waals surface area contributed by atoms with E-state index in [-0.39, 0.29) is 29.4 Å². The van der Waals surface area contributed by atoms with Gasteiger partial charge in [0.15, 0.2) is 5.82 Å². The maximum atomic E-state index is 12.4. The number of aryl methyl sites for hydroxylation is 1. The highest BCUT2D eigenvalue weighted by Gasteiger charge is 2.13. The molecule has 36 heavy (non-hydrogen) atoms. The molecule has 2 aromatic heterocycles. The van der Waals surface area contributed by atoms with Gasteiger partial charge in [0, 0.05) is 35.8 Å². The van der Waals surface area contributed by atoms with Crippen molar-refractivity contribution >= 4 is 21.7 Å². The zero-order valence-corrected chi connectivity index (χ0v) is 19.5. The molecule has 0 saturated heterocycles. The maximum Gasteiger partial charge on any atom is 0.339 e. The summed E-state index contributed by atoms with van der Waals surface area (Å²) in [5.41, 5.74) is 1.36. The molecule has 4 aromatic rings. The summed E-state index contributed by atoms with van der Waals surface area (Å²) in [6.45, 7) is 0.458. The molecular formula is C22H21N7O6S. The highest BCUT2D eigenvalue weighted by molar-refractivity contribution is 7.92. The molecule has 0 aliphatic heterocycles. The first-order chi connectivity index (χ1) is 17.3. The van der Waals surface area contributed by atoms with Crippen LogP contribution in [0.3, 0.4) is 0 Å². The molecule has 13 nitrogen and oxygen atoms in total. The van der Waals surface area contributed by atoms with Crippen LogP contribution in [0, 0.1) is 0 Å². The predicted octanol–water partition coefficient (Wildman–Crippen LogP) is 1.94. The van der Waals surface area contributed by atoms with Crippen LogP contribution in [0.15, 0.2) is 61.2 Å². The predicted molar refractivity (Wildman–Crippen MR) is 127 cm³/mol. The average molecular weight is 512 g/mol. The largest absolute Gasteiger partial charge is 0.507 e. The highest BCUT2D eigenvalue weighted by atomic mass is 32.2. The Labute approximate surface area is 205 Å². The number of hydrogen-bond acceptors (Lipinski definition) is 10. The number of aromatic hydroxyl groups is 1. The smallest absolute Gasteiger partial charge is 0.339 e. The number of anilines is 1. The molecular weight excluding hydrogens is 490 g/mol. The number of aromatic carboxylic acids is 1. The molecule has 2 aromatic carbocycles. The SMILES string of the molecule is O=C(O)c1cc(OCc2cnc(-c3cccc(NS(=O)(=O)CCCn4cnnn4)c3)nc2)ccc1O. The number of tetrazole rings is 1. The molecule has 0 bridgehead atoms.